The SMILES string of the molecule is CCN1CCN(CC(=O)Nc2cccc(CN)c2)CC1C. The Hall–Kier alpha value is -1.43. The molecule has 0 bridgehead atoms. The number of hydrogen-bond donors (Lipinski definition) is 2. The molecular formula is C16H26N4O. The third-order valence-electron chi connectivity index (χ3n) is 4.07. The summed E-state index contributed by atoms with van der Waals surface area (Å²) in [6.07, 6.45) is 0. The number of nitrogens with one attached hydrogen (secondary N) is 1. The molecule has 0 saturated carbocycles. The van der Waals surface area contributed by atoms with Crippen molar-refractivity contribution < 1.29 is 4.79 Å². The first-order valence-corrected chi connectivity index (χ1v) is 7.67. The zero-order valence-electron chi connectivity index (χ0n) is 13.0. The van der Waals surface area contributed by atoms with E-state index in [1.165, 1.54) is 0 Å². The van der Waals surface area contributed by atoms with Crippen molar-refractivity contribution in [2.75, 3.05) is 38.0 Å². The van der Waals surface area contributed by atoms with Crippen LogP contribution in [0.15, 0.2) is 24.3 Å². The summed E-state index contributed by atoms with van der Waals surface area (Å²) in [5.41, 5.74) is 7.46. The second-order valence-corrected chi connectivity index (χ2v) is 5.67. The van der Waals surface area contributed by atoms with Gasteiger partial charge in [0.15, 0.2) is 0 Å². The van der Waals surface area contributed by atoms with Crippen LogP contribution in [0.5, 0.6) is 0 Å². The van der Waals surface area contributed by atoms with Crippen LogP contribution in [0.25, 0.3) is 0 Å². The fourth-order valence-electron chi connectivity index (χ4n) is 2.86. The number of benzene rings is 1. The molecule has 0 spiro atoms. The third kappa shape index (κ3) is 4.52. The molecule has 1 atom stereocenters. The monoisotopic (exact) mass is 290 g/mol. The minimum atomic E-state index is 0.0429. The lowest BCUT2D eigenvalue weighted by atomic mass is 10.2. The topological polar surface area (TPSA) is 61.6 Å². The minimum Gasteiger partial charge on any atom is -0.326 e. The minimum absolute atomic E-state index is 0.0429. The summed E-state index contributed by atoms with van der Waals surface area (Å²) in [4.78, 5) is 16.8. The first-order valence-electron chi connectivity index (χ1n) is 7.67. The molecule has 116 valence electrons. The van der Waals surface area contributed by atoms with E-state index in [4.69, 9.17) is 5.73 Å². The van der Waals surface area contributed by atoms with Gasteiger partial charge in [0.25, 0.3) is 0 Å². The fourth-order valence-corrected chi connectivity index (χ4v) is 2.86. The van der Waals surface area contributed by atoms with Gasteiger partial charge in [-0.2, -0.15) is 0 Å². The zero-order valence-corrected chi connectivity index (χ0v) is 13.0. The summed E-state index contributed by atoms with van der Waals surface area (Å²) in [5.74, 6) is 0.0429. The predicted molar refractivity (Wildman–Crippen MR) is 86.1 cm³/mol. The summed E-state index contributed by atoms with van der Waals surface area (Å²) < 4.78 is 0. The van der Waals surface area contributed by atoms with Gasteiger partial charge in [-0.25, -0.2) is 0 Å². The highest BCUT2D eigenvalue weighted by Crippen LogP contribution is 2.11. The number of anilines is 1. The van der Waals surface area contributed by atoms with Crippen LogP contribution in [0.4, 0.5) is 5.69 Å². The lowest BCUT2D eigenvalue weighted by Gasteiger charge is -2.38. The number of rotatable bonds is 5. The maximum Gasteiger partial charge on any atom is 0.238 e. The van der Waals surface area contributed by atoms with Crippen molar-refractivity contribution >= 4 is 11.6 Å². The van der Waals surface area contributed by atoms with Crippen LogP contribution in [0.2, 0.25) is 0 Å². The maximum atomic E-state index is 12.1. The molecule has 5 nitrogen and oxygen atoms in total. The van der Waals surface area contributed by atoms with Crippen molar-refractivity contribution in [2.24, 2.45) is 5.73 Å². The van der Waals surface area contributed by atoms with Crippen LogP contribution < -0.4 is 11.1 Å². The van der Waals surface area contributed by atoms with Crippen LogP contribution in [0.3, 0.4) is 0 Å². The number of carbonyl (C=O) groups excluding carboxylic acids is 1. The molecule has 3 N–H and O–H groups in total. The van der Waals surface area contributed by atoms with E-state index in [2.05, 4.69) is 29.0 Å². The van der Waals surface area contributed by atoms with Crippen molar-refractivity contribution in [2.45, 2.75) is 26.4 Å². The van der Waals surface area contributed by atoms with E-state index in [9.17, 15) is 4.79 Å². The lowest BCUT2D eigenvalue weighted by Crippen LogP contribution is -2.53. The first-order chi connectivity index (χ1) is 10.1. The molecule has 0 aromatic heterocycles. The second-order valence-electron chi connectivity index (χ2n) is 5.67. The molecule has 0 aliphatic carbocycles. The molecule has 21 heavy (non-hydrogen) atoms. The molecule has 1 aliphatic rings. The smallest absolute Gasteiger partial charge is 0.238 e. The Morgan fingerprint density at radius 1 is 1.43 bits per heavy atom. The average Bonchev–Trinajstić information content (AvgIpc) is 2.47. The summed E-state index contributed by atoms with van der Waals surface area (Å²) >= 11 is 0. The Kier molecular flexibility index (Phi) is 5.73. The van der Waals surface area contributed by atoms with Crippen molar-refractivity contribution in [3.63, 3.8) is 0 Å². The van der Waals surface area contributed by atoms with E-state index in [1.54, 1.807) is 0 Å². The van der Waals surface area contributed by atoms with Gasteiger partial charge in [-0.1, -0.05) is 19.1 Å². The van der Waals surface area contributed by atoms with E-state index in [0.717, 1.165) is 37.4 Å². The molecular weight excluding hydrogens is 264 g/mol. The molecule has 1 amide bonds. The van der Waals surface area contributed by atoms with E-state index in [0.29, 0.717) is 19.1 Å². The Morgan fingerprint density at radius 3 is 2.90 bits per heavy atom. The third-order valence-corrected chi connectivity index (χ3v) is 4.07. The van der Waals surface area contributed by atoms with Gasteiger partial charge in [-0.15, -0.1) is 0 Å². The molecule has 1 aromatic rings. The van der Waals surface area contributed by atoms with Crippen molar-refractivity contribution in [3.05, 3.63) is 29.8 Å². The number of carbonyl (C=O) groups is 1. The Morgan fingerprint density at radius 2 is 2.24 bits per heavy atom. The highest BCUT2D eigenvalue weighted by atomic mass is 16.2. The van der Waals surface area contributed by atoms with Gasteiger partial charge in [0.05, 0.1) is 6.54 Å². The Balaban J connectivity index is 1.84. The van der Waals surface area contributed by atoms with Gasteiger partial charge in [0.1, 0.15) is 0 Å². The van der Waals surface area contributed by atoms with Crippen molar-refractivity contribution in [1.29, 1.82) is 0 Å². The summed E-state index contributed by atoms with van der Waals surface area (Å²) in [6, 6.07) is 8.21. The molecule has 1 unspecified atom stereocenters. The van der Waals surface area contributed by atoms with Crippen LogP contribution in [-0.2, 0) is 11.3 Å². The fraction of sp³-hybridized carbons (Fsp3) is 0.562. The zero-order chi connectivity index (χ0) is 15.2. The van der Waals surface area contributed by atoms with E-state index >= 15 is 0 Å². The maximum absolute atomic E-state index is 12.1. The predicted octanol–water partition coefficient (Wildman–Crippen LogP) is 1.11. The van der Waals surface area contributed by atoms with Gasteiger partial charge >= 0.3 is 0 Å². The number of likely N-dealkylation sites (N-methyl/N-ethyl adjacent to an activating group) is 1. The molecule has 1 heterocycles. The molecule has 2 rings (SSSR count). The van der Waals surface area contributed by atoms with Gasteiger partial charge < -0.3 is 11.1 Å². The van der Waals surface area contributed by atoms with Crippen molar-refractivity contribution in [3.8, 4) is 0 Å². The number of amides is 1. The molecule has 1 aliphatic heterocycles. The standard InChI is InChI=1S/C16H26N4O/c1-3-20-8-7-19(11-13(20)2)12-16(21)18-15-6-4-5-14(9-15)10-17/h4-6,9,13H,3,7-8,10-12,17H2,1-2H3,(H,18,21). The quantitative estimate of drug-likeness (QED) is 0.853. The van der Waals surface area contributed by atoms with Gasteiger partial charge in [-0.3, -0.25) is 14.6 Å². The van der Waals surface area contributed by atoms with Crippen LogP contribution >= 0.6 is 0 Å². The number of nitrogens with two attached hydrogens (primary N) is 1. The summed E-state index contributed by atoms with van der Waals surface area (Å²) in [6.45, 7) is 9.36. The highest BCUT2D eigenvalue weighted by molar-refractivity contribution is 5.92. The normalized spacial score (nSPS) is 20.4. The highest BCUT2D eigenvalue weighted by Gasteiger charge is 2.23. The van der Waals surface area contributed by atoms with Gasteiger partial charge in [0, 0.05) is 37.9 Å². The van der Waals surface area contributed by atoms with Crippen LogP contribution in [0, 0.1) is 0 Å². The molecule has 5 heteroatoms. The van der Waals surface area contributed by atoms with E-state index in [1.807, 2.05) is 24.3 Å². The molecule has 0 radical (unpaired) electrons. The largest absolute Gasteiger partial charge is 0.326 e. The number of piperazine rings is 1. The Labute approximate surface area is 127 Å². The van der Waals surface area contributed by atoms with Gasteiger partial charge in [-0.05, 0) is 31.2 Å². The summed E-state index contributed by atoms with van der Waals surface area (Å²) in [5, 5.41) is 2.95. The Bertz CT molecular complexity index is 477. The molecule has 1 aromatic carbocycles. The van der Waals surface area contributed by atoms with Crippen LogP contribution in [-0.4, -0.2) is 54.5 Å². The van der Waals surface area contributed by atoms with Crippen LogP contribution in [0.1, 0.15) is 19.4 Å². The molecule has 1 fully saturated rings. The van der Waals surface area contributed by atoms with E-state index < -0.39 is 0 Å². The number of nitrogens with zero attached hydrogens (tertiary/aromatic N) is 2. The van der Waals surface area contributed by atoms with E-state index in [-0.39, 0.29) is 5.91 Å². The second kappa shape index (κ2) is 7.54. The van der Waals surface area contributed by atoms with Gasteiger partial charge in [0.2, 0.25) is 5.91 Å². The first kappa shape index (κ1) is 15.9. The van der Waals surface area contributed by atoms with Crippen molar-refractivity contribution in [1.82, 2.24) is 9.80 Å². The lowest BCUT2D eigenvalue weighted by molar-refractivity contribution is -0.118. The number of hydrogen-bond acceptors (Lipinski definition) is 4. The average molecular weight is 290 g/mol. The summed E-state index contributed by atoms with van der Waals surface area (Å²) in [7, 11) is 0. The molecule has 1 saturated heterocycles.